The summed E-state index contributed by atoms with van der Waals surface area (Å²) in [6.07, 6.45) is 3.85. The summed E-state index contributed by atoms with van der Waals surface area (Å²) >= 11 is 0. The summed E-state index contributed by atoms with van der Waals surface area (Å²) in [5.74, 6) is -1.30. The highest BCUT2D eigenvalue weighted by Crippen LogP contribution is 2.20. The SMILES string of the molecule is O=C(O)C(Cc1ccncc1)c1ccccc1. The molecule has 17 heavy (non-hydrogen) atoms. The van der Waals surface area contributed by atoms with Crippen LogP contribution in [-0.4, -0.2) is 16.1 Å². The van der Waals surface area contributed by atoms with Crippen LogP contribution in [0, 0.1) is 0 Å². The molecule has 0 saturated heterocycles. The van der Waals surface area contributed by atoms with Crippen LogP contribution in [0.3, 0.4) is 0 Å². The van der Waals surface area contributed by atoms with Gasteiger partial charge in [-0.05, 0) is 29.7 Å². The van der Waals surface area contributed by atoms with Crippen molar-refractivity contribution in [3.63, 3.8) is 0 Å². The lowest BCUT2D eigenvalue weighted by molar-refractivity contribution is -0.138. The fourth-order valence-corrected chi connectivity index (χ4v) is 1.79. The van der Waals surface area contributed by atoms with Gasteiger partial charge in [0.25, 0.3) is 0 Å². The molecule has 1 unspecified atom stereocenters. The van der Waals surface area contributed by atoms with E-state index in [4.69, 9.17) is 0 Å². The lowest BCUT2D eigenvalue weighted by Gasteiger charge is -2.12. The number of hydrogen-bond acceptors (Lipinski definition) is 2. The number of pyridine rings is 1. The van der Waals surface area contributed by atoms with Crippen LogP contribution < -0.4 is 0 Å². The molecule has 1 atom stereocenters. The molecule has 0 saturated carbocycles. The summed E-state index contributed by atoms with van der Waals surface area (Å²) in [7, 11) is 0. The molecule has 0 aliphatic rings. The zero-order valence-electron chi connectivity index (χ0n) is 9.28. The monoisotopic (exact) mass is 227 g/mol. The van der Waals surface area contributed by atoms with Gasteiger partial charge in [-0.3, -0.25) is 9.78 Å². The second-order valence-corrected chi connectivity index (χ2v) is 3.86. The van der Waals surface area contributed by atoms with Crippen LogP contribution in [-0.2, 0) is 11.2 Å². The largest absolute Gasteiger partial charge is 0.481 e. The molecule has 0 aliphatic carbocycles. The van der Waals surface area contributed by atoms with Crippen molar-refractivity contribution in [1.82, 2.24) is 4.98 Å². The highest BCUT2D eigenvalue weighted by Gasteiger charge is 2.19. The molecule has 0 spiro atoms. The van der Waals surface area contributed by atoms with Gasteiger partial charge >= 0.3 is 5.97 Å². The molecule has 1 N–H and O–H groups in total. The first-order chi connectivity index (χ1) is 8.27. The Hall–Kier alpha value is -2.16. The minimum Gasteiger partial charge on any atom is -0.481 e. The van der Waals surface area contributed by atoms with Gasteiger partial charge in [-0.25, -0.2) is 0 Å². The van der Waals surface area contributed by atoms with Gasteiger partial charge in [0.15, 0.2) is 0 Å². The molecule has 2 aromatic rings. The van der Waals surface area contributed by atoms with Crippen molar-refractivity contribution in [2.75, 3.05) is 0 Å². The summed E-state index contributed by atoms with van der Waals surface area (Å²) in [4.78, 5) is 15.2. The fraction of sp³-hybridized carbons (Fsp3) is 0.143. The fourth-order valence-electron chi connectivity index (χ4n) is 1.79. The Kier molecular flexibility index (Phi) is 3.50. The Labute approximate surface area is 99.8 Å². The summed E-state index contributed by atoms with van der Waals surface area (Å²) < 4.78 is 0. The molecule has 3 nitrogen and oxygen atoms in total. The van der Waals surface area contributed by atoms with E-state index in [0.717, 1.165) is 11.1 Å². The Balaban J connectivity index is 2.23. The molecule has 0 aliphatic heterocycles. The second kappa shape index (κ2) is 5.25. The van der Waals surface area contributed by atoms with Crippen LogP contribution in [0.5, 0.6) is 0 Å². The second-order valence-electron chi connectivity index (χ2n) is 3.86. The Morgan fingerprint density at radius 1 is 1.12 bits per heavy atom. The minimum absolute atomic E-state index is 0.488. The Morgan fingerprint density at radius 2 is 1.76 bits per heavy atom. The number of rotatable bonds is 4. The molecular formula is C14H13NO2. The lowest BCUT2D eigenvalue weighted by atomic mass is 9.92. The van der Waals surface area contributed by atoms with Crippen LogP contribution in [0.25, 0.3) is 0 Å². The number of aliphatic carboxylic acids is 1. The maximum absolute atomic E-state index is 11.3. The summed E-state index contributed by atoms with van der Waals surface area (Å²) in [5, 5.41) is 9.27. The maximum atomic E-state index is 11.3. The third-order valence-corrected chi connectivity index (χ3v) is 2.69. The van der Waals surface area contributed by atoms with Gasteiger partial charge in [0.05, 0.1) is 5.92 Å². The van der Waals surface area contributed by atoms with Crippen LogP contribution >= 0.6 is 0 Å². The first kappa shape index (κ1) is 11.3. The van der Waals surface area contributed by atoms with Crippen molar-refractivity contribution in [3.8, 4) is 0 Å². The number of carbonyl (C=O) groups is 1. The average Bonchev–Trinajstić information content (AvgIpc) is 2.38. The van der Waals surface area contributed by atoms with E-state index < -0.39 is 11.9 Å². The standard InChI is InChI=1S/C14H13NO2/c16-14(17)13(12-4-2-1-3-5-12)10-11-6-8-15-9-7-11/h1-9,13H,10H2,(H,16,17). The zero-order chi connectivity index (χ0) is 12.1. The molecule has 0 amide bonds. The van der Waals surface area contributed by atoms with Gasteiger partial charge < -0.3 is 5.11 Å². The highest BCUT2D eigenvalue weighted by atomic mass is 16.4. The van der Waals surface area contributed by atoms with Gasteiger partial charge in [-0.15, -0.1) is 0 Å². The molecule has 1 aromatic heterocycles. The predicted molar refractivity (Wildman–Crippen MR) is 64.8 cm³/mol. The minimum atomic E-state index is -0.798. The quantitative estimate of drug-likeness (QED) is 0.873. The van der Waals surface area contributed by atoms with Crippen LogP contribution in [0.15, 0.2) is 54.9 Å². The van der Waals surface area contributed by atoms with Gasteiger partial charge in [0.1, 0.15) is 0 Å². The van der Waals surface area contributed by atoms with E-state index in [9.17, 15) is 9.90 Å². The van der Waals surface area contributed by atoms with Crippen LogP contribution in [0.4, 0.5) is 0 Å². The predicted octanol–water partition coefficient (Wildman–Crippen LogP) is 2.49. The van der Waals surface area contributed by atoms with E-state index >= 15 is 0 Å². The van der Waals surface area contributed by atoms with Crippen LogP contribution in [0.1, 0.15) is 17.0 Å². The van der Waals surface area contributed by atoms with Crippen molar-refractivity contribution in [3.05, 3.63) is 66.0 Å². The summed E-state index contributed by atoms with van der Waals surface area (Å²) in [6.45, 7) is 0. The number of hydrogen-bond donors (Lipinski definition) is 1. The van der Waals surface area contributed by atoms with E-state index in [2.05, 4.69) is 4.98 Å². The van der Waals surface area contributed by atoms with E-state index in [0.29, 0.717) is 6.42 Å². The van der Waals surface area contributed by atoms with Gasteiger partial charge in [0.2, 0.25) is 0 Å². The normalized spacial score (nSPS) is 12.0. The molecule has 0 radical (unpaired) electrons. The molecule has 0 bridgehead atoms. The number of carboxylic acid groups (broad SMARTS) is 1. The maximum Gasteiger partial charge on any atom is 0.311 e. The van der Waals surface area contributed by atoms with E-state index in [-0.39, 0.29) is 0 Å². The van der Waals surface area contributed by atoms with Gasteiger partial charge in [0, 0.05) is 12.4 Å². The topological polar surface area (TPSA) is 50.2 Å². The molecule has 2 rings (SSSR count). The van der Waals surface area contributed by atoms with E-state index in [1.807, 2.05) is 42.5 Å². The molecule has 1 aromatic carbocycles. The third kappa shape index (κ3) is 2.91. The number of aromatic nitrogens is 1. The Morgan fingerprint density at radius 3 is 2.35 bits per heavy atom. The first-order valence-corrected chi connectivity index (χ1v) is 5.44. The molecule has 1 heterocycles. The van der Waals surface area contributed by atoms with Gasteiger partial charge in [-0.2, -0.15) is 0 Å². The van der Waals surface area contributed by atoms with Crippen molar-refractivity contribution in [1.29, 1.82) is 0 Å². The molecule has 3 heteroatoms. The molecule has 0 fully saturated rings. The lowest BCUT2D eigenvalue weighted by Crippen LogP contribution is -2.14. The molecular weight excluding hydrogens is 214 g/mol. The highest BCUT2D eigenvalue weighted by molar-refractivity contribution is 5.76. The summed E-state index contributed by atoms with van der Waals surface area (Å²) in [5.41, 5.74) is 1.81. The van der Waals surface area contributed by atoms with Crippen molar-refractivity contribution in [2.24, 2.45) is 0 Å². The average molecular weight is 227 g/mol. The number of carboxylic acids is 1. The smallest absolute Gasteiger partial charge is 0.311 e. The van der Waals surface area contributed by atoms with Crippen molar-refractivity contribution in [2.45, 2.75) is 12.3 Å². The van der Waals surface area contributed by atoms with Crippen molar-refractivity contribution < 1.29 is 9.90 Å². The Bertz CT molecular complexity index is 482. The molecule has 86 valence electrons. The van der Waals surface area contributed by atoms with E-state index in [1.54, 1.807) is 12.4 Å². The van der Waals surface area contributed by atoms with Crippen molar-refractivity contribution >= 4 is 5.97 Å². The van der Waals surface area contributed by atoms with E-state index in [1.165, 1.54) is 0 Å². The van der Waals surface area contributed by atoms with Crippen LogP contribution in [0.2, 0.25) is 0 Å². The number of nitrogens with zero attached hydrogens (tertiary/aromatic N) is 1. The number of benzene rings is 1. The zero-order valence-corrected chi connectivity index (χ0v) is 9.28. The third-order valence-electron chi connectivity index (χ3n) is 2.69. The van der Waals surface area contributed by atoms with Gasteiger partial charge in [-0.1, -0.05) is 30.3 Å². The first-order valence-electron chi connectivity index (χ1n) is 5.44. The summed E-state index contributed by atoms with van der Waals surface area (Å²) in [6, 6.07) is 13.0.